The van der Waals surface area contributed by atoms with Gasteiger partial charge in [0.25, 0.3) is 0 Å². The molecule has 4 nitrogen and oxygen atoms in total. The van der Waals surface area contributed by atoms with E-state index in [2.05, 4.69) is 29.7 Å². The van der Waals surface area contributed by atoms with Crippen LogP contribution in [-0.4, -0.2) is 19.5 Å². The molecule has 15 heavy (non-hydrogen) atoms. The van der Waals surface area contributed by atoms with Crippen molar-refractivity contribution in [2.75, 3.05) is 0 Å². The molecular weight excluding hydrogens is 278 g/mol. The van der Waals surface area contributed by atoms with Crippen molar-refractivity contribution < 1.29 is 4.79 Å². The number of nitrogens with zero attached hydrogens (tertiary/aromatic N) is 3. The van der Waals surface area contributed by atoms with Crippen molar-refractivity contribution >= 4 is 33.4 Å². The fourth-order valence-corrected chi connectivity index (χ4v) is 2.03. The fourth-order valence-electron chi connectivity index (χ4n) is 1.12. The maximum atomic E-state index is 11.8. The van der Waals surface area contributed by atoms with Crippen molar-refractivity contribution in [3.05, 3.63) is 40.4 Å². The number of pyridine rings is 1. The summed E-state index contributed by atoms with van der Waals surface area (Å²) < 4.78 is 8.54. The van der Waals surface area contributed by atoms with Crippen LogP contribution < -0.4 is 0 Å². The molecular formula is C9H6BrN3OS. The predicted molar refractivity (Wildman–Crippen MR) is 59.9 cm³/mol. The number of ketones is 1. The highest BCUT2D eigenvalue weighted by molar-refractivity contribution is 9.10. The van der Waals surface area contributed by atoms with Crippen molar-refractivity contribution in [3.63, 3.8) is 0 Å². The summed E-state index contributed by atoms with van der Waals surface area (Å²) in [7, 11) is 0. The van der Waals surface area contributed by atoms with E-state index in [4.69, 9.17) is 0 Å². The molecule has 0 N–H and O–H groups in total. The minimum Gasteiger partial charge on any atom is -0.294 e. The standard InChI is InChI=1S/C9H6BrN3OS/c10-8-5-11-2-1-7(8)9(14)3-6-4-12-15-13-6/h1-2,4-5H,3H2. The summed E-state index contributed by atoms with van der Waals surface area (Å²) in [6.45, 7) is 0. The van der Waals surface area contributed by atoms with E-state index in [0.717, 1.165) is 11.7 Å². The molecule has 0 aliphatic carbocycles. The molecule has 76 valence electrons. The zero-order valence-electron chi connectivity index (χ0n) is 7.55. The van der Waals surface area contributed by atoms with Crippen molar-refractivity contribution in [2.24, 2.45) is 0 Å². The maximum absolute atomic E-state index is 11.8. The molecule has 0 unspecified atom stereocenters. The van der Waals surface area contributed by atoms with Crippen molar-refractivity contribution in [2.45, 2.75) is 6.42 Å². The third-order valence-electron chi connectivity index (χ3n) is 1.82. The van der Waals surface area contributed by atoms with Gasteiger partial charge in [-0.1, -0.05) is 0 Å². The average Bonchev–Trinajstić information content (AvgIpc) is 2.71. The Hall–Kier alpha value is -1.14. The molecule has 0 atom stereocenters. The van der Waals surface area contributed by atoms with Crippen LogP contribution in [0.25, 0.3) is 0 Å². The van der Waals surface area contributed by atoms with E-state index in [0.29, 0.717) is 15.7 Å². The van der Waals surface area contributed by atoms with Gasteiger partial charge in [0.1, 0.15) is 0 Å². The third-order valence-corrected chi connectivity index (χ3v) is 2.97. The van der Waals surface area contributed by atoms with Crippen molar-refractivity contribution in [3.8, 4) is 0 Å². The second-order valence-corrected chi connectivity index (χ2v) is 4.27. The van der Waals surface area contributed by atoms with E-state index in [1.165, 1.54) is 0 Å². The summed E-state index contributed by atoms with van der Waals surface area (Å²) in [6.07, 6.45) is 5.08. The molecule has 0 aliphatic heterocycles. The number of aromatic nitrogens is 3. The summed E-state index contributed by atoms with van der Waals surface area (Å²) in [5.41, 5.74) is 1.33. The molecule has 6 heteroatoms. The van der Waals surface area contributed by atoms with Crippen LogP contribution in [0.15, 0.2) is 29.1 Å². The van der Waals surface area contributed by atoms with Gasteiger partial charge in [-0.05, 0) is 22.0 Å². The molecule has 0 spiro atoms. The largest absolute Gasteiger partial charge is 0.294 e. The minimum atomic E-state index is 0.0111. The van der Waals surface area contributed by atoms with E-state index >= 15 is 0 Å². The van der Waals surface area contributed by atoms with Gasteiger partial charge in [-0.25, -0.2) is 0 Å². The molecule has 0 saturated carbocycles. The van der Waals surface area contributed by atoms with E-state index in [1.54, 1.807) is 24.7 Å². The number of halogens is 1. The lowest BCUT2D eigenvalue weighted by atomic mass is 10.1. The Labute approximate surface area is 98.8 Å². The van der Waals surface area contributed by atoms with Crippen LogP contribution in [0.5, 0.6) is 0 Å². The van der Waals surface area contributed by atoms with Crippen molar-refractivity contribution in [1.82, 2.24) is 13.7 Å². The fraction of sp³-hybridized carbons (Fsp3) is 0.111. The molecule has 0 amide bonds. The lowest BCUT2D eigenvalue weighted by molar-refractivity contribution is 0.0991. The Kier molecular flexibility index (Phi) is 3.17. The molecule has 2 heterocycles. The van der Waals surface area contributed by atoms with Gasteiger partial charge in [0, 0.05) is 22.4 Å². The molecule has 0 radical (unpaired) electrons. The average molecular weight is 284 g/mol. The maximum Gasteiger partial charge on any atom is 0.170 e. The number of carbonyl (C=O) groups is 1. The van der Waals surface area contributed by atoms with E-state index in [9.17, 15) is 4.79 Å². The summed E-state index contributed by atoms with van der Waals surface area (Å²) in [5, 5.41) is 0. The quantitative estimate of drug-likeness (QED) is 0.810. The van der Waals surface area contributed by atoms with Gasteiger partial charge in [0.05, 0.1) is 30.0 Å². The topological polar surface area (TPSA) is 55.7 Å². The molecule has 0 bridgehead atoms. The first kappa shape index (κ1) is 10.4. The molecule has 2 aromatic heterocycles. The predicted octanol–water partition coefficient (Wildman–Crippen LogP) is 2.12. The van der Waals surface area contributed by atoms with Crippen LogP contribution in [0.4, 0.5) is 0 Å². The molecule has 0 aliphatic rings. The highest BCUT2D eigenvalue weighted by atomic mass is 79.9. The van der Waals surface area contributed by atoms with Crippen LogP contribution in [-0.2, 0) is 6.42 Å². The molecule has 0 aromatic carbocycles. The first-order valence-electron chi connectivity index (χ1n) is 4.16. The van der Waals surface area contributed by atoms with Gasteiger partial charge in [-0.15, -0.1) is 0 Å². The number of hydrogen-bond donors (Lipinski definition) is 0. The third kappa shape index (κ3) is 2.45. The highest BCUT2D eigenvalue weighted by Crippen LogP contribution is 2.16. The van der Waals surface area contributed by atoms with Gasteiger partial charge in [0.2, 0.25) is 0 Å². The first-order chi connectivity index (χ1) is 7.27. The summed E-state index contributed by atoms with van der Waals surface area (Å²) in [5.74, 6) is 0.0111. The number of rotatable bonds is 3. The van der Waals surface area contributed by atoms with E-state index in [-0.39, 0.29) is 12.2 Å². The Balaban J connectivity index is 2.19. The van der Waals surface area contributed by atoms with Gasteiger partial charge in [-0.2, -0.15) is 8.75 Å². The van der Waals surface area contributed by atoms with Crippen LogP contribution in [0.3, 0.4) is 0 Å². The second kappa shape index (κ2) is 4.59. The van der Waals surface area contributed by atoms with Crippen LogP contribution in [0.2, 0.25) is 0 Å². The molecule has 2 aromatic rings. The van der Waals surface area contributed by atoms with Gasteiger partial charge >= 0.3 is 0 Å². The highest BCUT2D eigenvalue weighted by Gasteiger charge is 2.11. The normalized spacial score (nSPS) is 10.2. The van der Waals surface area contributed by atoms with E-state index in [1.807, 2.05) is 0 Å². The lowest BCUT2D eigenvalue weighted by Crippen LogP contribution is -2.04. The number of Topliss-reactive ketones (excluding diaryl/α,β-unsaturated/α-hetero) is 1. The summed E-state index contributed by atoms with van der Waals surface area (Å²) in [4.78, 5) is 15.7. The zero-order valence-corrected chi connectivity index (χ0v) is 9.96. The Morgan fingerprint density at radius 3 is 3.00 bits per heavy atom. The Bertz CT molecular complexity index is 472. The number of hydrogen-bond acceptors (Lipinski definition) is 5. The smallest absolute Gasteiger partial charge is 0.170 e. The molecule has 2 rings (SSSR count). The van der Waals surface area contributed by atoms with Crippen LogP contribution >= 0.6 is 27.7 Å². The summed E-state index contributed by atoms with van der Waals surface area (Å²) in [6, 6.07) is 1.69. The monoisotopic (exact) mass is 283 g/mol. The SMILES string of the molecule is O=C(Cc1cnsn1)c1ccncc1Br. The number of carbonyl (C=O) groups excluding carboxylic acids is 1. The van der Waals surface area contributed by atoms with Gasteiger partial charge < -0.3 is 0 Å². The second-order valence-electron chi connectivity index (χ2n) is 2.85. The van der Waals surface area contributed by atoms with Gasteiger partial charge in [0.15, 0.2) is 5.78 Å². The zero-order chi connectivity index (χ0) is 10.7. The first-order valence-corrected chi connectivity index (χ1v) is 5.69. The van der Waals surface area contributed by atoms with Crippen LogP contribution in [0.1, 0.15) is 16.1 Å². The lowest BCUT2D eigenvalue weighted by Gasteiger charge is -2.00. The Morgan fingerprint density at radius 1 is 1.47 bits per heavy atom. The molecule has 0 fully saturated rings. The molecule has 0 saturated heterocycles. The van der Waals surface area contributed by atoms with E-state index < -0.39 is 0 Å². The van der Waals surface area contributed by atoms with Gasteiger partial charge in [-0.3, -0.25) is 9.78 Å². The Morgan fingerprint density at radius 2 is 2.33 bits per heavy atom. The van der Waals surface area contributed by atoms with Crippen LogP contribution in [0, 0.1) is 0 Å². The minimum absolute atomic E-state index is 0.0111. The van der Waals surface area contributed by atoms with Crippen molar-refractivity contribution in [1.29, 1.82) is 0 Å². The summed E-state index contributed by atoms with van der Waals surface area (Å²) >= 11 is 4.39.